The van der Waals surface area contributed by atoms with E-state index < -0.39 is 13.6 Å². The molecule has 0 aliphatic heterocycles. The second-order valence-electron chi connectivity index (χ2n) is 1.62. The predicted octanol–water partition coefficient (Wildman–Crippen LogP) is 0.0537. The normalized spacial score (nSPS) is 10.9. The van der Waals surface area contributed by atoms with Gasteiger partial charge in [-0.3, -0.25) is 0 Å². The van der Waals surface area contributed by atoms with Crippen molar-refractivity contribution in [1.29, 1.82) is 0 Å². The summed E-state index contributed by atoms with van der Waals surface area (Å²) in [4.78, 5) is 25.0. The minimum atomic E-state index is -0.466. The number of rotatable bonds is 13. The van der Waals surface area contributed by atoms with Crippen LogP contribution in [0.3, 0.4) is 0 Å². The Balaban J connectivity index is 2.83. The van der Waals surface area contributed by atoms with Gasteiger partial charge in [-0.15, -0.1) is 0 Å². The van der Waals surface area contributed by atoms with Crippen LogP contribution >= 0.6 is 0 Å². The van der Waals surface area contributed by atoms with E-state index in [1.165, 1.54) is 7.11 Å². The van der Waals surface area contributed by atoms with E-state index in [0.29, 0.717) is 6.61 Å². The van der Waals surface area contributed by atoms with Gasteiger partial charge >= 0.3 is 0 Å². The average molecular weight is 248 g/mol. The quantitative estimate of drug-likeness (QED) is 0.191. The summed E-state index contributed by atoms with van der Waals surface area (Å²) in [5.74, 6) is 0. The van der Waals surface area contributed by atoms with Gasteiger partial charge in [-0.2, -0.15) is 19.6 Å². The summed E-state index contributed by atoms with van der Waals surface area (Å²) in [5, 5.41) is 19.7. The summed E-state index contributed by atoms with van der Waals surface area (Å²) in [7, 11) is 1.24. The number of hydrogen-bond donors (Lipinski definition) is 0. The molecule has 0 fully saturated rings. The molecule has 0 saturated carbocycles. The van der Waals surface area contributed by atoms with Crippen molar-refractivity contribution < 1.29 is 54.5 Å². The summed E-state index contributed by atoms with van der Waals surface area (Å²) in [6, 6.07) is 0. The third-order valence-corrected chi connectivity index (χ3v) is 0.674. The van der Waals surface area contributed by atoms with Crippen LogP contribution < -0.4 is 0 Å². The third kappa shape index (κ3) is 13.6. The molecular weight excluding hydrogens is 236 g/mol. The zero-order valence-electron chi connectivity index (χ0n) is 8.61. The van der Waals surface area contributed by atoms with Gasteiger partial charge in [-0.05, 0) is 27.1 Å². The molecule has 0 radical (unpaired) electrons. The molecular formula is C5H12O11. The lowest BCUT2D eigenvalue weighted by Crippen LogP contribution is -2.06. The van der Waals surface area contributed by atoms with Crippen LogP contribution in [0, 0.1) is 0 Å². The van der Waals surface area contributed by atoms with E-state index in [-0.39, 0.29) is 0 Å². The summed E-state index contributed by atoms with van der Waals surface area (Å²) >= 11 is 0. The van der Waals surface area contributed by atoms with Crippen molar-refractivity contribution in [2.75, 3.05) is 27.3 Å². The van der Waals surface area contributed by atoms with Crippen LogP contribution in [0.5, 0.6) is 0 Å². The lowest BCUT2D eigenvalue weighted by atomic mass is 10.9. The van der Waals surface area contributed by atoms with Gasteiger partial charge in [0.05, 0.1) is 13.7 Å². The minimum absolute atomic E-state index is 0.293. The van der Waals surface area contributed by atoms with E-state index in [9.17, 15) is 0 Å². The molecule has 0 bridgehead atoms. The Bertz CT molecular complexity index is 107. The zero-order chi connectivity index (χ0) is 11.9. The molecule has 0 aromatic carbocycles. The maximum Gasteiger partial charge on any atom is 0.221 e. The first-order valence-corrected chi connectivity index (χ1v) is 3.89. The number of hydrogen-bond acceptors (Lipinski definition) is 11. The average Bonchev–Trinajstić information content (AvgIpc) is 2.31. The van der Waals surface area contributed by atoms with Gasteiger partial charge in [0, 0.05) is 0 Å². The van der Waals surface area contributed by atoms with Crippen LogP contribution in [-0.2, 0) is 54.5 Å². The lowest BCUT2D eigenvalue weighted by Gasteiger charge is -2.02. The highest BCUT2D eigenvalue weighted by molar-refractivity contribution is 3.89. The first-order valence-electron chi connectivity index (χ1n) is 3.89. The highest BCUT2D eigenvalue weighted by Crippen LogP contribution is 1.88. The van der Waals surface area contributed by atoms with Crippen LogP contribution in [-0.4, -0.2) is 27.3 Å². The van der Waals surface area contributed by atoms with Crippen LogP contribution in [0.2, 0.25) is 0 Å². The van der Waals surface area contributed by atoms with Crippen molar-refractivity contribution in [3.63, 3.8) is 0 Å². The topological polar surface area (TPSA) is 102 Å². The highest BCUT2D eigenvalue weighted by atomic mass is 17.7. The van der Waals surface area contributed by atoms with Gasteiger partial charge in [0.2, 0.25) is 13.6 Å². The minimum Gasteiger partial charge on any atom is -0.209 e. The SMILES string of the molecule is CCOOOOCOOOOCOOOC. The molecule has 0 aromatic rings. The van der Waals surface area contributed by atoms with Crippen LogP contribution in [0.4, 0.5) is 0 Å². The fraction of sp³-hybridized carbons (Fsp3) is 1.00. The summed E-state index contributed by atoms with van der Waals surface area (Å²) in [5.41, 5.74) is 0. The van der Waals surface area contributed by atoms with Crippen molar-refractivity contribution >= 4 is 0 Å². The predicted molar refractivity (Wildman–Crippen MR) is 38.1 cm³/mol. The smallest absolute Gasteiger partial charge is 0.209 e. The van der Waals surface area contributed by atoms with Gasteiger partial charge in [0.1, 0.15) is 0 Å². The second kappa shape index (κ2) is 14.6. The summed E-state index contributed by atoms with van der Waals surface area (Å²) in [6.45, 7) is 1.10. The largest absolute Gasteiger partial charge is 0.221 e. The molecule has 0 unspecified atom stereocenters. The monoisotopic (exact) mass is 248 g/mol. The molecule has 16 heavy (non-hydrogen) atoms. The Morgan fingerprint density at radius 1 is 0.625 bits per heavy atom. The van der Waals surface area contributed by atoms with Crippen molar-refractivity contribution in [2.24, 2.45) is 0 Å². The Labute approximate surface area is 89.9 Å². The third-order valence-electron chi connectivity index (χ3n) is 0.674. The van der Waals surface area contributed by atoms with Crippen molar-refractivity contribution in [3.8, 4) is 0 Å². The fourth-order valence-electron chi connectivity index (χ4n) is 0.293. The van der Waals surface area contributed by atoms with E-state index in [1.807, 2.05) is 0 Å². The Morgan fingerprint density at radius 3 is 1.50 bits per heavy atom. The molecule has 0 amide bonds. The van der Waals surface area contributed by atoms with E-state index >= 15 is 0 Å². The molecule has 0 N–H and O–H groups in total. The van der Waals surface area contributed by atoms with Crippen molar-refractivity contribution in [2.45, 2.75) is 6.92 Å². The Morgan fingerprint density at radius 2 is 1.06 bits per heavy atom. The van der Waals surface area contributed by atoms with Gasteiger partial charge in [-0.25, -0.2) is 9.78 Å². The van der Waals surface area contributed by atoms with E-state index in [2.05, 4.69) is 54.5 Å². The standard InChI is InChI=1S/C5H12O11/c1-3-7-13-14-10-5-11-16-15-9-4-8-12-6-2/h3-5H2,1-2H3. The molecule has 0 saturated heterocycles. The van der Waals surface area contributed by atoms with E-state index in [0.717, 1.165) is 0 Å². The maximum absolute atomic E-state index is 4.27. The Kier molecular flexibility index (Phi) is 14.2. The molecule has 0 rings (SSSR count). The molecule has 0 heterocycles. The highest BCUT2D eigenvalue weighted by Gasteiger charge is 1.94. The van der Waals surface area contributed by atoms with Gasteiger partial charge < -0.3 is 0 Å². The van der Waals surface area contributed by atoms with Crippen LogP contribution in [0.1, 0.15) is 6.92 Å². The fourth-order valence-corrected chi connectivity index (χ4v) is 0.293. The molecule has 98 valence electrons. The first-order chi connectivity index (χ1) is 7.91. The van der Waals surface area contributed by atoms with Gasteiger partial charge in [0.25, 0.3) is 0 Å². The lowest BCUT2D eigenvalue weighted by molar-refractivity contribution is -0.692. The van der Waals surface area contributed by atoms with E-state index in [1.54, 1.807) is 6.92 Å². The van der Waals surface area contributed by atoms with Gasteiger partial charge in [0.15, 0.2) is 0 Å². The molecule has 0 aliphatic rings. The summed E-state index contributed by atoms with van der Waals surface area (Å²) < 4.78 is 0. The molecule has 0 aromatic heterocycles. The molecule has 0 atom stereocenters. The Hall–Kier alpha value is -0.440. The molecule has 0 aliphatic carbocycles. The van der Waals surface area contributed by atoms with E-state index in [4.69, 9.17) is 0 Å². The first kappa shape index (κ1) is 15.6. The maximum atomic E-state index is 4.27. The zero-order valence-corrected chi connectivity index (χ0v) is 8.61. The van der Waals surface area contributed by atoms with Crippen LogP contribution in [0.25, 0.3) is 0 Å². The molecule has 0 spiro atoms. The van der Waals surface area contributed by atoms with Crippen molar-refractivity contribution in [3.05, 3.63) is 0 Å². The summed E-state index contributed by atoms with van der Waals surface area (Å²) in [6.07, 6.45) is 0. The van der Waals surface area contributed by atoms with Gasteiger partial charge in [-0.1, -0.05) is 5.04 Å². The molecule has 11 nitrogen and oxygen atoms in total. The second-order valence-corrected chi connectivity index (χ2v) is 1.62. The molecule has 11 heteroatoms. The van der Waals surface area contributed by atoms with Crippen LogP contribution in [0.15, 0.2) is 0 Å². The van der Waals surface area contributed by atoms with Crippen molar-refractivity contribution in [1.82, 2.24) is 0 Å².